The molecule has 3 fully saturated rings. The van der Waals surface area contributed by atoms with E-state index in [1.54, 1.807) is 0 Å². The molecule has 4 atom stereocenters. The van der Waals surface area contributed by atoms with Crippen LogP contribution in [0.25, 0.3) is 0 Å². The highest BCUT2D eigenvalue weighted by Crippen LogP contribution is 2.37. The molecule has 1 amide bonds. The molecular formula is C17H31ClN2O2. The molecule has 2 aliphatic carbocycles. The van der Waals surface area contributed by atoms with Gasteiger partial charge in [-0.2, -0.15) is 0 Å². The lowest BCUT2D eigenvalue weighted by molar-refractivity contribution is -0.148. The minimum atomic E-state index is -0.233. The van der Waals surface area contributed by atoms with Crippen molar-refractivity contribution in [3.63, 3.8) is 0 Å². The Morgan fingerprint density at radius 2 is 1.91 bits per heavy atom. The molecule has 128 valence electrons. The average Bonchev–Trinajstić information content (AvgIpc) is 3.08. The summed E-state index contributed by atoms with van der Waals surface area (Å²) in [7, 11) is 0. The molecule has 1 aliphatic heterocycles. The van der Waals surface area contributed by atoms with Crippen molar-refractivity contribution in [3.8, 4) is 0 Å². The van der Waals surface area contributed by atoms with Crippen molar-refractivity contribution in [3.05, 3.63) is 0 Å². The summed E-state index contributed by atoms with van der Waals surface area (Å²) in [6, 6.07) is 0.298. The summed E-state index contributed by atoms with van der Waals surface area (Å²) in [5, 5.41) is 0. The number of carbonyl (C=O) groups is 1. The monoisotopic (exact) mass is 330 g/mol. The number of carbonyl (C=O) groups excluding carboxylic acids is 1. The Balaban J connectivity index is 0.00000176. The van der Waals surface area contributed by atoms with Crippen molar-refractivity contribution < 1.29 is 9.53 Å². The zero-order chi connectivity index (χ0) is 14.8. The summed E-state index contributed by atoms with van der Waals surface area (Å²) in [6.07, 6.45) is 9.24. The summed E-state index contributed by atoms with van der Waals surface area (Å²) in [4.78, 5) is 14.8. The Kier molecular flexibility index (Phi) is 6.54. The van der Waals surface area contributed by atoms with Gasteiger partial charge in [0.2, 0.25) is 0 Å². The third kappa shape index (κ3) is 3.77. The number of rotatable bonds is 4. The van der Waals surface area contributed by atoms with Gasteiger partial charge in [-0.25, -0.2) is 0 Å². The van der Waals surface area contributed by atoms with Gasteiger partial charge in [0.1, 0.15) is 6.10 Å². The normalized spacial score (nSPS) is 33.4. The van der Waals surface area contributed by atoms with Gasteiger partial charge in [-0.05, 0) is 43.9 Å². The Morgan fingerprint density at radius 1 is 1.18 bits per heavy atom. The topological polar surface area (TPSA) is 55.6 Å². The molecule has 2 saturated carbocycles. The van der Waals surface area contributed by atoms with Crippen LogP contribution in [-0.2, 0) is 9.53 Å². The molecular weight excluding hydrogens is 300 g/mol. The van der Waals surface area contributed by atoms with Gasteiger partial charge >= 0.3 is 0 Å². The SMILES string of the molecule is CCC(OC1CCCCC1)C(=O)N1CC2CCC(N)C2C1.Cl. The number of hydrogen-bond acceptors (Lipinski definition) is 3. The van der Waals surface area contributed by atoms with Crippen LogP contribution in [0.1, 0.15) is 58.3 Å². The van der Waals surface area contributed by atoms with Gasteiger partial charge in [0, 0.05) is 19.1 Å². The first-order valence-electron chi connectivity index (χ1n) is 8.89. The highest BCUT2D eigenvalue weighted by Gasteiger charge is 2.43. The fraction of sp³-hybridized carbons (Fsp3) is 0.941. The lowest BCUT2D eigenvalue weighted by Gasteiger charge is -2.29. The zero-order valence-corrected chi connectivity index (χ0v) is 14.5. The van der Waals surface area contributed by atoms with Crippen LogP contribution >= 0.6 is 12.4 Å². The first kappa shape index (κ1) is 18.0. The van der Waals surface area contributed by atoms with Gasteiger partial charge in [-0.3, -0.25) is 4.79 Å². The first-order valence-corrected chi connectivity index (χ1v) is 8.89. The van der Waals surface area contributed by atoms with Crippen LogP contribution in [0.2, 0.25) is 0 Å². The molecule has 0 bridgehead atoms. The lowest BCUT2D eigenvalue weighted by Crippen LogP contribution is -2.42. The Bertz CT molecular complexity index is 374. The van der Waals surface area contributed by atoms with Gasteiger partial charge in [0.15, 0.2) is 0 Å². The van der Waals surface area contributed by atoms with E-state index in [0.717, 1.165) is 38.8 Å². The molecule has 0 aromatic rings. The van der Waals surface area contributed by atoms with E-state index >= 15 is 0 Å². The number of nitrogens with zero attached hydrogens (tertiary/aromatic N) is 1. The van der Waals surface area contributed by atoms with E-state index in [2.05, 4.69) is 6.92 Å². The zero-order valence-electron chi connectivity index (χ0n) is 13.7. The van der Waals surface area contributed by atoms with Crippen LogP contribution in [-0.4, -0.2) is 42.1 Å². The molecule has 5 heteroatoms. The number of nitrogens with two attached hydrogens (primary N) is 1. The van der Waals surface area contributed by atoms with Crippen LogP contribution in [0.3, 0.4) is 0 Å². The van der Waals surface area contributed by atoms with Crippen molar-refractivity contribution in [2.45, 2.75) is 76.5 Å². The summed E-state index contributed by atoms with van der Waals surface area (Å²) in [5.74, 6) is 1.38. The molecule has 4 nitrogen and oxygen atoms in total. The number of likely N-dealkylation sites (tertiary alicyclic amines) is 1. The number of halogens is 1. The lowest BCUT2D eigenvalue weighted by atomic mass is 9.97. The predicted molar refractivity (Wildman–Crippen MR) is 90.1 cm³/mol. The molecule has 0 radical (unpaired) electrons. The second-order valence-corrected chi connectivity index (χ2v) is 7.20. The highest BCUT2D eigenvalue weighted by molar-refractivity contribution is 5.85. The molecule has 1 saturated heterocycles. The molecule has 2 N–H and O–H groups in total. The number of ether oxygens (including phenoxy) is 1. The number of hydrogen-bond donors (Lipinski definition) is 1. The summed E-state index contributed by atoms with van der Waals surface area (Å²) < 4.78 is 6.14. The van der Waals surface area contributed by atoms with Crippen molar-refractivity contribution in [2.24, 2.45) is 17.6 Å². The Morgan fingerprint density at radius 3 is 2.55 bits per heavy atom. The standard InChI is InChI=1S/C17H30N2O2.ClH/c1-2-16(21-13-6-4-3-5-7-13)17(20)19-10-12-8-9-15(18)14(12)11-19;/h12-16H,2-11,18H2,1H3;1H. The molecule has 0 spiro atoms. The summed E-state index contributed by atoms with van der Waals surface area (Å²) >= 11 is 0. The highest BCUT2D eigenvalue weighted by atomic mass is 35.5. The Labute approximate surface area is 140 Å². The van der Waals surface area contributed by atoms with E-state index in [0.29, 0.717) is 24.0 Å². The summed E-state index contributed by atoms with van der Waals surface area (Å²) in [6.45, 7) is 3.82. The van der Waals surface area contributed by atoms with Crippen molar-refractivity contribution in [1.82, 2.24) is 4.90 Å². The first-order chi connectivity index (χ1) is 10.2. The third-order valence-corrected chi connectivity index (χ3v) is 5.78. The molecule has 3 aliphatic rings. The van der Waals surface area contributed by atoms with Crippen molar-refractivity contribution in [1.29, 1.82) is 0 Å². The predicted octanol–water partition coefficient (Wildman–Crippen LogP) is 2.73. The van der Waals surface area contributed by atoms with Gasteiger partial charge in [-0.1, -0.05) is 26.2 Å². The third-order valence-electron chi connectivity index (χ3n) is 5.78. The average molecular weight is 331 g/mol. The van der Waals surface area contributed by atoms with Crippen LogP contribution in [0.5, 0.6) is 0 Å². The van der Waals surface area contributed by atoms with E-state index in [9.17, 15) is 4.79 Å². The van der Waals surface area contributed by atoms with Crippen molar-refractivity contribution in [2.75, 3.05) is 13.1 Å². The van der Waals surface area contributed by atoms with E-state index in [-0.39, 0.29) is 24.4 Å². The maximum absolute atomic E-state index is 12.7. The molecule has 0 aromatic carbocycles. The van der Waals surface area contributed by atoms with E-state index in [1.807, 2.05) is 4.90 Å². The fourth-order valence-corrected chi connectivity index (χ4v) is 4.45. The van der Waals surface area contributed by atoms with Gasteiger partial charge in [0.25, 0.3) is 5.91 Å². The fourth-order valence-electron chi connectivity index (χ4n) is 4.45. The number of amides is 1. The van der Waals surface area contributed by atoms with Crippen LogP contribution in [0.15, 0.2) is 0 Å². The van der Waals surface area contributed by atoms with Crippen molar-refractivity contribution >= 4 is 18.3 Å². The van der Waals surface area contributed by atoms with Gasteiger partial charge < -0.3 is 15.4 Å². The van der Waals surface area contributed by atoms with E-state index in [4.69, 9.17) is 10.5 Å². The largest absolute Gasteiger partial charge is 0.365 e. The van der Waals surface area contributed by atoms with E-state index < -0.39 is 0 Å². The smallest absolute Gasteiger partial charge is 0.251 e. The quantitative estimate of drug-likeness (QED) is 0.862. The van der Waals surface area contributed by atoms with Gasteiger partial charge in [-0.15, -0.1) is 12.4 Å². The minimum Gasteiger partial charge on any atom is -0.365 e. The molecule has 22 heavy (non-hydrogen) atoms. The maximum Gasteiger partial charge on any atom is 0.251 e. The van der Waals surface area contributed by atoms with Crippen LogP contribution < -0.4 is 5.73 Å². The maximum atomic E-state index is 12.7. The minimum absolute atomic E-state index is 0. The van der Waals surface area contributed by atoms with Gasteiger partial charge in [0.05, 0.1) is 6.10 Å². The van der Waals surface area contributed by atoms with E-state index in [1.165, 1.54) is 25.7 Å². The molecule has 4 unspecified atom stereocenters. The molecule has 1 heterocycles. The molecule has 0 aromatic heterocycles. The van der Waals surface area contributed by atoms with Crippen LogP contribution in [0.4, 0.5) is 0 Å². The number of fused-ring (bicyclic) bond motifs is 1. The second kappa shape index (κ2) is 7.98. The van der Waals surface area contributed by atoms with Crippen LogP contribution in [0, 0.1) is 11.8 Å². The summed E-state index contributed by atoms with van der Waals surface area (Å²) in [5.41, 5.74) is 6.17. The molecule has 3 rings (SSSR count). The second-order valence-electron chi connectivity index (χ2n) is 7.20. The Hall–Kier alpha value is -0.320.